The smallest absolute Gasteiger partial charge is 0.512 e. The largest absolute Gasteiger partial charge is 1.00 e. The number of nitrogens with one attached hydrogen (secondary N) is 5. The number of hydrogen-bond donors (Lipinski definition) is 5. The number of pyridine rings is 3. The molecule has 3 aromatic carbocycles. The van der Waals surface area contributed by atoms with Crippen LogP contribution in [-0.4, -0.2) is 112 Å². The number of benzene rings is 3. The molecule has 0 bridgehead atoms. The predicted molar refractivity (Wildman–Crippen MR) is 308 cm³/mol. The van der Waals surface area contributed by atoms with Gasteiger partial charge in [-0.05, 0) is 102 Å². The van der Waals surface area contributed by atoms with E-state index in [0.29, 0.717) is 6.54 Å². The average Bonchev–Trinajstić information content (AvgIpc) is 3.45. The Labute approximate surface area is 491 Å². The zero-order valence-corrected chi connectivity index (χ0v) is 50.0. The maximum atomic E-state index is 12.4. The van der Waals surface area contributed by atoms with Crippen molar-refractivity contribution in [2.45, 2.75) is 80.9 Å². The van der Waals surface area contributed by atoms with E-state index in [4.69, 9.17) is 16.6 Å². The molecule has 3 radical (unpaired) electrons. The summed E-state index contributed by atoms with van der Waals surface area (Å²) in [6.45, 7) is 26.4. The third-order valence-electron chi connectivity index (χ3n) is 11.2. The maximum Gasteiger partial charge on any atom is 1.00 e. The Morgan fingerprint density at radius 1 is 0.595 bits per heavy atom. The van der Waals surface area contributed by atoms with Crippen molar-refractivity contribution < 1.29 is 62.9 Å². The van der Waals surface area contributed by atoms with Crippen molar-refractivity contribution in [1.82, 2.24) is 46.8 Å². The standard InChI is InChI=1S/C20H26N4O3.C20H24N4O3.C12H11NO.C6H15N.CN.B.Na/c2*1-20(2,3)17(23-19(26)27-4)18(25)24-22-13-14-8-10-15(11-9-14)16-7-5-6-12-21-16;1-14-11-7-5-10(6-8-11)12-4-2-3-9-13-12;1-4-7(5-2)6-3;1-2;;/h5-12,17,22H,13H2,1-4H3,(H,23,26)(H,24,25);5-13,17H,1-4H3,(H,23,26)(H,24,25);2-9H,1H3;4-6H2,1-3H3;;;/q;;;;-1;;+1/b;22-13-;;;;;/t2*17-;;;;;/m00...../s1. The molecule has 6 rings (SSSR count). The van der Waals surface area contributed by atoms with Crippen LogP contribution in [0.25, 0.3) is 33.8 Å². The van der Waals surface area contributed by atoms with Gasteiger partial charge in [-0.3, -0.25) is 30.0 Å². The number of alkyl carbamates (subject to hydrolysis) is 2. The Hall–Kier alpha value is -7.47. The summed E-state index contributed by atoms with van der Waals surface area (Å²) in [5.41, 5.74) is 14.8. The minimum atomic E-state index is -0.784. The zero-order valence-electron chi connectivity index (χ0n) is 48.0. The molecule has 0 aliphatic heterocycles. The van der Waals surface area contributed by atoms with Gasteiger partial charge >= 0.3 is 41.7 Å². The molecule has 3 aromatic heterocycles. The second-order valence-electron chi connectivity index (χ2n) is 18.8. The number of carbonyl (C=O) groups is 4. The Bertz CT molecular complexity index is 2670. The van der Waals surface area contributed by atoms with Gasteiger partial charge in [0.2, 0.25) is 0 Å². The molecule has 3 heterocycles. The van der Waals surface area contributed by atoms with Crippen LogP contribution >= 0.6 is 0 Å². The Morgan fingerprint density at radius 2 is 0.975 bits per heavy atom. The summed E-state index contributed by atoms with van der Waals surface area (Å²) in [7, 11) is 4.18. The molecule has 79 heavy (non-hydrogen) atoms. The first kappa shape index (κ1) is 71.5. The molecule has 0 spiro atoms. The molecular formula is C59H76BN11NaO7. The number of nitrogens with zero attached hydrogens (tertiary/aromatic N) is 6. The van der Waals surface area contributed by atoms with Gasteiger partial charge in [0, 0.05) is 50.2 Å². The SMILES string of the molecule is CCN(CC)CC.COC(=O)N[C@@H](C(=O)N/N=C\c1ccc(-c2ccccn2)cc1)C(C)(C)C.COC(=O)N[C@@H](C(=O)NNCc1ccc(-c2ccccn2)cc1)C(C)(C)C.COc1ccc(-c2ccccn2)cc1.[B].[C-]#N.[Na+]. The molecule has 0 saturated heterocycles. The molecule has 0 fully saturated rings. The number of aromatic nitrogens is 3. The Kier molecular flexibility index (Phi) is 35.3. The van der Waals surface area contributed by atoms with E-state index in [0.717, 1.165) is 50.6 Å². The van der Waals surface area contributed by atoms with Gasteiger partial charge in [0.05, 0.1) is 44.6 Å². The fraction of sp³-hybridized carbons (Fsp3) is 0.339. The summed E-state index contributed by atoms with van der Waals surface area (Å²) in [6, 6.07) is 39.3. The van der Waals surface area contributed by atoms with Crippen molar-refractivity contribution in [3.8, 4) is 39.5 Å². The maximum absolute atomic E-state index is 12.4. The molecule has 18 nitrogen and oxygen atoms in total. The normalized spacial score (nSPS) is 11.1. The average molecular weight is 1090 g/mol. The second-order valence-corrected chi connectivity index (χ2v) is 18.8. The van der Waals surface area contributed by atoms with Crippen molar-refractivity contribution in [3.63, 3.8) is 0 Å². The van der Waals surface area contributed by atoms with Gasteiger partial charge in [-0.1, -0.05) is 129 Å². The fourth-order valence-corrected chi connectivity index (χ4v) is 6.81. The molecule has 0 aliphatic rings. The quantitative estimate of drug-likeness (QED) is 0.0305. The van der Waals surface area contributed by atoms with Crippen molar-refractivity contribution in [2.75, 3.05) is 41.0 Å². The van der Waals surface area contributed by atoms with E-state index in [-0.39, 0.29) is 43.9 Å². The molecule has 6 aromatic rings. The van der Waals surface area contributed by atoms with Crippen LogP contribution in [-0.2, 0) is 25.6 Å². The van der Waals surface area contributed by atoms with Gasteiger partial charge in [-0.15, -0.1) is 0 Å². The van der Waals surface area contributed by atoms with E-state index in [2.05, 4.69) is 82.1 Å². The van der Waals surface area contributed by atoms with Crippen LogP contribution in [0.4, 0.5) is 9.59 Å². The number of hydrazine groups is 1. The minimum absolute atomic E-state index is 0. The minimum Gasteiger partial charge on any atom is -0.512 e. The van der Waals surface area contributed by atoms with E-state index in [9.17, 15) is 19.2 Å². The van der Waals surface area contributed by atoms with Crippen molar-refractivity contribution in [2.24, 2.45) is 15.9 Å². The van der Waals surface area contributed by atoms with E-state index in [1.807, 2.05) is 169 Å². The Balaban J connectivity index is 0.00000110. The van der Waals surface area contributed by atoms with Crippen LogP contribution in [0.5, 0.6) is 5.75 Å². The molecule has 0 aliphatic carbocycles. The van der Waals surface area contributed by atoms with E-state index in [1.54, 1.807) is 25.7 Å². The first-order chi connectivity index (χ1) is 36.9. The number of rotatable bonds is 16. The number of amides is 4. The van der Waals surface area contributed by atoms with Crippen molar-refractivity contribution in [1.29, 1.82) is 5.26 Å². The fourth-order valence-electron chi connectivity index (χ4n) is 6.81. The molecule has 2 atom stereocenters. The number of carbonyl (C=O) groups excluding carboxylic acids is 4. The van der Waals surface area contributed by atoms with Crippen LogP contribution in [0, 0.1) is 22.7 Å². The molecular weight excluding hydrogens is 1010 g/mol. The summed E-state index contributed by atoms with van der Waals surface area (Å²) < 4.78 is 14.3. The van der Waals surface area contributed by atoms with Gasteiger partial charge in [0.1, 0.15) is 17.8 Å². The summed E-state index contributed by atoms with van der Waals surface area (Å²) in [6.07, 6.45) is 5.52. The zero-order chi connectivity index (χ0) is 57.2. The summed E-state index contributed by atoms with van der Waals surface area (Å²) in [4.78, 5) is 63.0. The molecule has 5 N–H and O–H groups in total. The molecule has 413 valence electrons. The van der Waals surface area contributed by atoms with Gasteiger partial charge < -0.3 is 41.6 Å². The van der Waals surface area contributed by atoms with Crippen molar-refractivity contribution >= 4 is 38.6 Å². The van der Waals surface area contributed by atoms with E-state index >= 15 is 0 Å². The van der Waals surface area contributed by atoms with Crippen LogP contribution in [0.2, 0.25) is 0 Å². The van der Waals surface area contributed by atoms with Crippen molar-refractivity contribution in [3.05, 3.63) is 164 Å². The number of methoxy groups -OCH3 is 3. The number of hydrogen-bond acceptors (Lipinski definition) is 14. The van der Waals surface area contributed by atoms with E-state index < -0.39 is 41.0 Å². The van der Waals surface area contributed by atoms with Gasteiger partial charge in [-0.25, -0.2) is 20.4 Å². The summed E-state index contributed by atoms with van der Waals surface area (Å²) >= 11 is 0. The van der Waals surface area contributed by atoms with Crippen LogP contribution < -0.4 is 61.2 Å². The third-order valence-corrected chi connectivity index (χ3v) is 11.2. The monoisotopic (exact) mass is 1080 g/mol. The van der Waals surface area contributed by atoms with Gasteiger partial charge in [0.15, 0.2) is 0 Å². The van der Waals surface area contributed by atoms with Gasteiger partial charge in [-0.2, -0.15) is 5.10 Å². The molecule has 20 heteroatoms. The predicted octanol–water partition coefficient (Wildman–Crippen LogP) is 6.43. The van der Waals surface area contributed by atoms with Crippen LogP contribution in [0.15, 0.2) is 151 Å². The number of hydrazone groups is 1. The molecule has 0 saturated carbocycles. The van der Waals surface area contributed by atoms with E-state index in [1.165, 1.54) is 40.1 Å². The second kappa shape index (κ2) is 39.0. The summed E-state index contributed by atoms with van der Waals surface area (Å²) in [5, 5.41) is 15.3. The van der Waals surface area contributed by atoms with Crippen LogP contribution in [0.3, 0.4) is 0 Å². The summed E-state index contributed by atoms with van der Waals surface area (Å²) in [5.74, 6) is 0.108. The molecule has 0 unspecified atom stereocenters. The number of ether oxygens (including phenoxy) is 3. The first-order valence-electron chi connectivity index (χ1n) is 24.9. The van der Waals surface area contributed by atoms with Crippen LogP contribution in [0.1, 0.15) is 73.4 Å². The molecule has 4 amide bonds. The Morgan fingerprint density at radius 3 is 1.30 bits per heavy atom. The van der Waals surface area contributed by atoms with Gasteiger partial charge in [0.25, 0.3) is 11.8 Å². The topological polar surface area (TPSA) is 234 Å². The third kappa shape index (κ3) is 27.1. The first-order valence-corrected chi connectivity index (χ1v) is 24.9.